The van der Waals surface area contributed by atoms with Gasteiger partial charge in [0, 0.05) is 24.4 Å². The molecule has 0 saturated heterocycles. The average Bonchev–Trinajstić information content (AvgIpc) is 3.20. The highest BCUT2D eigenvalue weighted by Crippen LogP contribution is 2.29. The van der Waals surface area contributed by atoms with Gasteiger partial charge in [0.05, 0.1) is 18.4 Å². The van der Waals surface area contributed by atoms with Gasteiger partial charge in [0.15, 0.2) is 11.5 Å². The fourth-order valence-electron chi connectivity index (χ4n) is 3.27. The minimum absolute atomic E-state index is 0.271. The topological polar surface area (TPSA) is 95.7 Å². The number of carbonyl (C=O) groups excluding carboxylic acids is 1. The molecule has 0 radical (unpaired) electrons. The molecule has 4 aromatic rings. The molecule has 9 heteroatoms. The third kappa shape index (κ3) is 5.94. The van der Waals surface area contributed by atoms with E-state index in [0.717, 1.165) is 16.8 Å². The van der Waals surface area contributed by atoms with Gasteiger partial charge in [-0.15, -0.1) is 0 Å². The molecule has 0 saturated carbocycles. The summed E-state index contributed by atoms with van der Waals surface area (Å²) in [5.74, 6) is 1.87. The standard InChI is InChI=1S/C26H24FN3O5/c1-16-22(17(2)35-30-16)15-33-23-10-5-19(12-24(23)32-3)26(31)29-14-18-4-11-25(28-13-18)34-21-8-6-20(27)7-9-21/h4-13H,14-15H2,1-3H3,(H,29,31). The number of hydrogen-bond acceptors (Lipinski definition) is 7. The van der Waals surface area contributed by atoms with E-state index in [1.54, 1.807) is 36.5 Å². The Hall–Kier alpha value is -4.40. The first kappa shape index (κ1) is 23.7. The van der Waals surface area contributed by atoms with E-state index in [1.807, 2.05) is 13.8 Å². The summed E-state index contributed by atoms with van der Waals surface area (Å²) in [5.41, 5.74) is 2.85. The number of methoxy groups -OCH3 is 1. The average molecular weight is 477 g/mol. The van der Waals surface area contributed by atoms with Crippen LogP contribution in [-0.4, -0.2) is 23.2 Å². The van der Waals surface area contributed by atoms with Crippen molar-refractivity contribution in [3.8, 4) is 23.1 Å². The zero-order valence-corrected chi connectivity index (χ0v) is 19.5. The van der Waals surface area contributed by atoms with Crippen LogP contribution in [0.2, 0.25) is 0 Å². The molecule has 35 heavy (non-hydrogen) atoms. The van der Waals surface area contributed by atoms with Crippen molar-refractivity contribution in [2.75, 3.05) is 7.11 Å². The minimum Gasteiger partial charge on any atom is -0.493 e. The van der Waals surface area contributed by atoms with Gasteiger partial charge in [0.2, 0.25) is 5.88 Å². The van der Waals surface area contributed by atoms with Crippen LogP contribution in [-0.2, 0) is 13.2 Å². The van der Waals surface area contributed by atoms with Crippen LogP contribution in [0.1, 0.15) is 32.9 Å². The maximum absolute atomic E-state index is 13.0. The van der Waals surface area contributed by atoms with Crippen molar-refractivity contribution in [2.45, 2.75) is 27.0 Å². The molecule has 0 aliphatic rings. The largest absolute Gasteiger partial charge is 0.493 e. The summed E-state index contributed by atoms with van der Waals surface area (Å²) in [4.78, 5) is 16.9. The first-order valence-corrected chi connectivity index (χ1v) is 10.8. The second-order valence-electron chi connectivity index (χ2n) is 7.70. The van der Waals surface area contributed by atoms with Crippen molar-refractivity contribution in [2.24, 2.45) is 0 Å². The molecule has 0 atom stereocenters. The van der Waals surface area contributed by atoms with Crippen LogP contribution >= 0.6 is 0 Å². The predicted molar refractivity (Wildman–Crippen MR) is 125 cm³/mol. The predicted octanol–water partition coefficient (Wildman–Crippen LogP) is 5.14. The Morgan fingerprint density at radius 2 is 1.86 bits per heavy atom. The van der Waals surface area contributed by atoms with Crippen LogP contribution in [0.4, 0.5) is 4.39 Å². The first-order chi connectivity index (χ1) is 16.9. The van der Waals surface area contributed by atoms with E-state index in [-0.39, 0.29) is 24.9 Å². The molecule has 2 aromatic carbocycles. The summed E-state index contributed by atoms with van der Waals surface area (Å²) in [6.45, 7) is 4.22. The molecule has 0 aliphatic carbocycles. The van der Waals surface area contributed by atoms with Crippen LogP contribution in [0.15, 0.2) is 65.3 Å². The lowest BCUT2D eigenvalue weighted by atomic mass is 10.1. The number of hydrogen-bond donors (Lipinski definition) is 1. The maximum Gasteiger partial charge on any atom is 0.251 e. The number of amides is 1. The van der Waals surface area contributed by atoms with E-state index in [2.05, 4.69) is 15.5 Å². The third-order valence-electron chi connectivity index (χ3n) is 5.27. The Morgan fingerprint density at radius 1 is 1.06 bits per heavy atom. The van der Waals surface area contributed by atoms with Crippen molar-refractivity contribution in [3.05, 3.63) is 94.8 Å². The van der Waals surface area contributed by atoms with Gasteiger partial charge in [0.1, 0.15) is 23.9 Å². The summed E-state index contributed by atoms with van der Waals surface area (Å²) < 4.78 is 35.0. The van der Waals surface area contributed by atoms with Crippen molar-refractivity contribution >= 4 is 5.91 Å². The monoisotopic (exact) mass is 477 g/mol. The third-order valence-corrected chi connectivity index (χ3v) is 5.27. The van der Waals surface area contributed by atoms with Crippen molar-refractivity contribution < 1.29 is 27.9 Å². The van der Waals surface area contributed by atoms with E-state index in [0.29, 0.717) is 34.5 Å². The molecule has 0 aliphatic heterocycles. The van der Waals surface area contributed by atoms with Gasteiger partial charge in [0.25, 0.3) is 5.91 Å². The maximum atomic E-state index is 13.0. The molecule has 180 valence electrons. The van der Waals surface area contributed by atoms with Gasteiger partial charge in [-0.25, -0.2) is 9.37 Å². The molecule has 2 heterocycles. The molecule has 1 amide bonds. The SMILES string of the molecule is COc1cc(C(=O)NCc2ccc(Oc3ccc(F)cc3)nc2)ccc1OCc1c(C)noc1C. The Morgan fingerprint density at radius 3 is 2.51 bits per heavy atom. The summed E-state index contributed by atoms with van der Waals surface area (Å²) in [6, 6.07) is 14.1. The number of benzene rings is 2. The van der Waals surface area contributed by atoms with Crippen LogP contribution in [0.5, 0.6) is 23.1 Å². The smallest absolute Gasteiger partial charge is 0.251 e. The quantitative estimate of drug-likeness (QED) is 0.357. The van der Waals surface area contributed by atoms with Crippen LogP contribution in [0.3, 0.4) is 0 Å². The number of ether oxygens (including phenoxy) is 3. The number of nitrogens with one attached hydrogen (secondary N) is 1. The van der Waals surface area contributed by atoms with Gasteiger partial charge in [-0.3, -0.25) is 4.79 Å². The van der Waals surface area contributed by atoms with E-state index in [9.17, 15) is 9.18 Å². The Bertz CT molecular complexity index is 1280. The molecular weight excluding hydrogens is 453 g/mol. The molecular formula is C26H24FN3O5. The zero-order valence-electron chi connectivity index (χ0n) is 19.5. The Balaban J connectivity index is 1.34. The van der Waals surface area contributed by atoms with E-state index in [4.69, 9.17) is 18.7 Å². The van der Waals surface area contributed by atoms with Crippen LogP contribution in [0, 0.1) is 19.7 Å². The number of aromatic nitrogens is 2. The molecule has 0 bridgehead atoms. The molecule has 0 unspecified atom stereocenters. The fraction of sp³-hybridized carbons (Fsp3) is 0.192. The number of rotatable bonds is 9. The molecule has 0 spiro atoms. The van der Waals surface area contributed by atoms with E-state index in [1.165, 1.54) is 31.4 Å². The lowest BCUT2D eigenvalue weighted by Gasteiger charge is -2.12. The summed E-state index contributed by atoms with van der Waals surface area (Å²) >= 11 is 0. The van der Waals surface area contributed by atoms with E-state index < -0.39 is 0 Å². The van der Waals surface area contributed by atoms with Crippen LogP contribution < -0.4 is 19.5 Å². The molecule has 1 N–H and O–H groups in total. The summed E-state index contributed by atoms with van der Waals surface area (Å²) in [7, 11) is 1.51. The summed E-state index contributed by atoms with van der Waals surface area (Å²) in [5, 5.41) is 6.77. The molecule has 8 nitrogen and oxygen atoms in total. The highest BCUT2D eigenvalue weighted by Gasteiger charge is 2.14. The first-order valence-electron chi connectivity index (χ1n) is 10.8. The van der Waals surface area contributed by atoms with Crippen molar-refractivity contribution in [1.29, 1.82) is 0 Å². The van der Waals surface area contributed by atoms with Gasteiger partial charge >= 0.3 is 0 Å². The second-order valence-corrected chi connectivity index (χ2v) is 7.70. The van der Waals surface area contributed by atoms with Gasteiger partial charge in [-0.2, -0.15) is 0 Å². The Kier molecular flexibility index (Phi) is 7.25. The van der Waals surface area contributed by atoms with Gasteiger partial charge < -0.3 is 24.1 Å². The minimum atomic E-state index is -0.340. The summed E-state index contributed by atoms with van der Waals surface area (Å²) in [6.07, 6.45) is 1.60. The molecule has 2 aromatic heterocycles. The highest BCUT2D eigenvalue weighted by atomic mass is 19.1. The molecule has 0 fully saturated rings. The van der Waals surface area contributed by atoms with Crippen molar-refractivity contribution in [3.63, 3.8) is 0 Å². The van der Waals surface area contributed by atoms with Gasteiger partial charge in [-0.1, -0.05) is 11.2 Å². The van der Waals surface area contributed by atoms with Crippen LogP contribution in [0.25, 0.3) is 0 Å². The van der Waals surface area contributed by atoms with E-state index >= 15 is 0 Å². The number of carbonyl (C=O) groups is 1. The lowest BCUT2D eigenvalue weighted by molar-refractivity contribution is 0.0950. The lowest BCUT2D eigenvalue weighted by Crippen LogP contribution is -2.22. The Labute approximate surface area is 201 Å². The second kappa shape index (κ2) is 10.7. The van der Waals surface area contributed by atoms with Gasteiger partial charge in [-0.05, 0) is 61.9 Å². The fourth-order valence-corrected chi connectivity index (χ4v) is 3.27. The normalized spacial score (nSPS) is 10.6. The number of nitrogens with zero attached hydrogens (tertiary/aromatic N) is 2. The molecule has 4 rings (SSSR count). The number of halogens is 1. The highest BCUT2D eigenvalue weighted by molar-refractivity contribution is 5.94. The van der Waals surface area contributed by atoms with Crippen molar-refractivity contribution in [1.82, 2.24) is 15.5 Å². The number of aryl methyl sites for hydroxylation is 2. The number of pyridine rings is 1. The zero-order chi connectivity index (χ0) is 24.8.